The van der Waals surface area contributed by atoms with Crippen LogP contribution < -0.4 is 5.32 Å². The van der Waals surface area contributed by atoms with Gasteiger partial charge < -0.3 is 15.3 Å². The van der Waals surface area contributed by atoms with Crippen molar-refractivity contribution in [2.24, 2.45) is 0 Å². The van der Waals surface area contributed by atoms with Gasteiger partial charge in [0.2, 0.25) is 0 Å². The number of aliphatic hydroxyl groups excluding tert-OH is 1. The molecule has 0 saturated carbocycles. The van der Waals surface area contributed by atoms with Crippen LogP contribution in [0.5, 0.6) is 0 Å². The van der Waals surface area contributed by atoms with Gasteiger partial charge in [-0.2, -0.15) is 0 Å². The summed E-state index contributed by atoms with van der Waals surface area (Å²) in [5, 5.41) is 11.7. The first-order valence-corrected chi connectivity index (χ1v) is 5.25. The van der Waals surface area contributed by atoms with Crippen molar-refractivity contribution < 1.29 is 9.90 Å². The lowest BCUT2D eigenvalue weighted by Gasteiger charge is -2.23. The predicted octanol–water partition coefficient (Wildman–Crippen LogP) is 1.20. The first kappa shape index (κ1) is 13.2. The molecule has 0 aromatic heterocycles. The zero-order valence-corrected chi connectivity index (χ0v) is 9.42. The second-order valence-corrected chi connectivity index (χ2v) is 3.58. The minimum Gasteiger partial charge on any atom is -0.394 e. The zero-order chi connectivity index (χ0) is 11.0. The van der Waals surface area contributed by atoms with Gasteiger partial charge in [0.05, 0.1) is 12.6 Å². The Morgan fingerprint density at radius 1 is 1.50 bits per heavy atom. The van der Waals surface area contributed by atoms with Gasteiger partial charge in [-0.25, -0.2) is 4.79 Å². The summed E-state index contributed by atoms with van der Waals surface area (Å²) in [7, 11) is 1.69. The van der Waals surface area contributed by atoms with E-state index in [1.807, 2.05) is 6.92 Å². The van der Waals surface area contributed by atoms with Gasteiger partial charge in [-0.15, -0.1) is 0 Å². The molecule has 0 heterocycles. The largest absolute Gasteiger partial charge is 0.394 e. The second kappa shape index (κ2) is 7.62. The van der Waals surface area contributed by atoms with Crippen LogP contribution in [-0.4, -0.2) is 42.3 Å². The summed E-state index contributed by atoms with van der Waals surface area (Å²) < 4.78 is 0. The average Bonchev–Trinajstić information content (AvgIpc) is 2.21. The van der Waals surface area contributed by atoms with Crippen LogP contribution in [0.25, 0.3) is 0 Å². The molecule has 0 aliphatic rings. The minimum absolute atomic E-state index is 0.00111. The van der Waals surface area contributed by atoms with Crippen molar-refractivity contribution in [1.29, 1.82) is 0 Å². The lowest BCUT2D eigenvalue weighted by Crippen LogP contribution is -2.44. The summed E-state index contributed by atoms with van der Waals surface area (Å²) in [5.74, 6) is 0. The van der Waals surface area contributed by atoms with Gasteiger partial charge in [0.1, 0.15) is 0 Å². The number of aliphatic hydroxyl groups is 1. The van der Waals surface area contributed by atoms with Crippen LogP contribution in [0.1, 0.15) is 33.1 Å². The summed E-state index contributed by atoms with van der Waals surface area (Å²) in [6.45, 7) is 4.65. The maximum atomic E-state index is 11.4. The Kier molecular flexibility index (Phi) is 7.20. The first-order valence-electron chi connectivity index (χ1n) is 5.25. The van der Waals surface area contributed by atoms with Gasteiger partial charge in [-0.1, -0.05) is 19.8 Å². The van der Waals surface area contributed by atoms with Gasteiger partial charge in [-0.05, 0) is 13.3 Å². The fraction of sp³-hybridized carbons (Fsp3) is 0.900. The molecule has 1 unspecified atom stereocenters. The molecule has 0 bridgehead atoms. The highest BCUT2D eigenvalue weighted by atomic mass is 16.3. The van der Waals surface area contributed by atoms with Crippen LogP contribution in [-0.2, 0) is 0 Å². The van der Waals surface area contributed by atoms with Gasteiger partial charge >= 0.3 is 6.03 Å². The van der Waals surface area contributed by atoms with E-state index in [4.69, 9.17) is 5.11 Å². The van der Waals surface area contributed by atoms with Crippen LogP contribution in [0.3, 0.4) is 0 Å². The maximum absolute atomic E-state index is 11.4. The van der Waals surface area contributed by atoms with E-state index >= 15 is 0 Å². The zero-order valence-electron chi connectivity index (χ0n) is 9.42. The SMILES string of the molecule is CCCCCNC(=O)N(C)C(C)CO. The number of nitrogens with one attached hydrogen (secondary N) is 1. The van der Waals surface area contributed by atoms with Crippen molar-refractivity contribution in [2.75, 3.05) is 20.2 Å². The third-order valence-electron chi connectivity index (χ3n) is 2.30. The molecule has 4 nitrogen and oxygen atoms in total. The number of carbonyl (C=O) groups is 1. The molecule has 14 heavy (non-hydrogen) atoms. The van der Waals surface area contributed by atoms with Gasteiger partial charge in [0.15, 0.2) is 0 Å². The quantitative estimate of drug-likeness (QED) is 0.636. The molecule has 0 fully saturated rings. The standard InChI is InChI=1S/C10H22N2O2/c1-4-5-6-7-11-10(14)12(3)9(2)8-13/h9,13H,4-8H2,1-3H3,(H,11,14). The number of hydrogen-bond acceptors (Lipinski definition) is 2. The van der Waals surface area contributed by atoms with Crippen molar-refractivity contribution in [1.82, 2.24) is 10.2 Å². The predicted molar refractivity (Wildman–Crippen MR) is 57.2 cm³/mol. The molecular formula is C10H22N2O2. The summed E-state index contributed by atoms with van der Waals surface area (Å²) >= 11 is 0. The molecule has 4 heteroatoms. The maximum Gasteiger partial charge on any atom is 0.317 e. The van der Waals surface area contributed by atoms with Gasteiger partial charge in [0, 0.05) is 13.6 Å². The lowest BCUT2D eigenvalue weighted by atomic mass is 10.2. The summed E-state index contributed by atoms with van der Waals surface area (Å²) in [4.78, 5) is 12.9. The number of hydrogen-bond donors (Lipinski definition) is 2. The number of unbranched alkanes of at least 4 members (excludes halogenated alkanes) is 2. The molecule has 0 aliphatic heterocycles. The van der Waals surface area contributed by atoms with Crippen molar-refractivity contribution in [3.63, 3.8) is 0 Å². The average molecular weight is 202 g/mol. The number of nitrogens with zero attached hydrogens (tertiary/aromatic N) is 1. The van der Waals surface area contributed by atoms with Crippen LogP contribution in [0.4, 0.5) is 4.79 Å². The van der Waals surface area contributed by atoms with E-state index in [1.165, 1.54) is 4.90 Å². The Hall–Kier alpha value is -0.770. The van der Waals surface area contributed by atoms with Crippen molar-refractivity contribution in [3.05, 3.63) is 0 Å². The molecule has 0 rings (SSSR count). The highest BCUT2D eigenvalue weighted by molar-refractivity contribution is 5.74. The molecule has 2 N–H and O–H groups in total. The van der Waals surface area contributed by atoms with E-state index in [-0.39, 0.29) is 18.7 Å². The van der Waals surface area contributed by atoms with E-state index in [2.05, 4.69) is 12.2 Å². The molecule has 0 spiro atoms. The number of likely N-dealkylation sites (N-methyl/N-ethyl adjacent to an activating group) is 1. The number of urea groups is 1. The molecule has 0 aliphatic carbocycles. The van der Waals surface area contributed by atoms with Crippen LogP contribution in [0.15, 0.2) is 0 Å². The van der Waals surface area contributed by atoms with E-state index in [9.17, 15) is 4.79 Å². The number of rotatable bonds is 6. The lowest BCUT2D eigenvalue weighted by molar-refractivity contribution is 0.157. The fourth-order valence-electron chi connectivity index (χ4n) is 1.02. The van der Waals surface area contributed by atoms with Crippen molar-refractivity contribution >= 4 is 6.03 Å². The summed E-state index contributed by atoms with van der Waals surface area (Å²) in [6, 6.07) is -0.233. The van der Waals surface area contributed by atoms with E-state index in [0.29, 0.717) is 0 Å². The molecule has 84 valence electrons. The molecule has 0 aromatic rings. The van der Waals surface area contributed by atoms with Crippen LogP contribution in [0.2, 0.25) is 0 Å². The highest BCUT2D eigenvalue weighted by Crippen LogP contribution is 1.96. The Labute approximate surface area is 86.3 Å². The second-order valence-electron chi connectivity index (χ2n) is 3.58. The van der Waals surface area contributed by atoms with Gasteiger partial charge in [-0.3, -0.25) is 0 Å². The van der Waals surface area contributed by atoms with E-state index < -0.39 is 0 Å². The third kappa shape index (κ3) is 5.07. The molecule has 1 atom stereocenters. The minimum atomic E-state index is -0.124. The van der Waals surface area contributed by atoms with Crippen LogP contribution in [0, 0.1) is 0 Å². The summed E-state index contributed by atoms with van der Waals surface area (Å²) in [6.07, 6.45) is 3.31. The molecule has 0 radical (unpaired) electrons. The van der Waals surface area contributed by atoms with Crippen LogP contribution >= 0.6 is 0 Å². The Balaban J connectivity index is 3.62. The monoisotopic (exact) mass is 202 g/mol. The smallest absolute Gasteiger partial charge is 0.317 e. The topological polar surface area (TPSA) is 52.6 Å². The normalized spacial score (nSPS) is 12.3. The number of amides is 2. The molecular weight excluding hydrogens is 180 g/mol. The summed E-state index contributed by atoms with van der Waals surface area (Å²) in [5.41, 5.74) is 0. The highest BCUT2D eigenvalue weighted by Gasteiger charge is 2.13. The van der Waals surface area contributed by atoms with E-state index in [0.717, 1.165) is 25.8 Å². The first-order chi connectivity index (χ1) is 6.63. The van der Waals surface area contributed by atoms with Crippen molar-refractivity contribution in [3.8, 4) is 0 Å². The third-order valence-corrected chi connectivity index (χ3v) is 2.30. The van der Waals surface area contributed by atoms with Gasteiger partial charge in [0.25, 0.3) is 0 Å². The van der Waals surface area contributed by atoms with Crippen molar-refractivity contribution in [2.45, 2.75) is 39.2 Å². The Morgan fingerprint density at radius 3 is 2.64 bits per heavy atom. The Morgan fingerprint density at radius 2 is 2.14 bits per heavy atom. The fourth-order valence-corrected chi connectivity index (χ4v) is 1.02. The number of carbonyl (C=O) groups excluding carboxylic acids is 1. The molecule has 2 amide bonds. The molecule has 0 saturated heterocycles. The van der Waals surface area contributed by atoms with E-state index in [1.54, 1.807) is 7.05 Å². The Bertz CT molecular complexity index is 162. The molecule has 0 aromatic carbocycles.